The van der Waals surface area contributed by atoms with Gasteiger partial charge in [0.15, 0.2) is 5.17 Å². The maximum Gasteiger partial charge on any atom is 0.222 e. The van der Waals surface area contributed by atoms with E-state index < -0.39 is 0 Å². The molecule has 2 atom stereocenters. The van der Waals surface area contributed by atoms with Gasteiger partial charge in [0.05, 0.1) is 6.54 Å². The van der Waals surface area contributed by atoms with E-state index >= 15 is 0 Å². The van der Waals surface area contributed by atoms with Crippen molar-refractivity contribution >= 4 is 22.8 Å². The molecule has 0 aromatic carbocycles. The van der Waals surface area contributed by atoms with Gasteiger partial charge in [-0.1, -0.05) is 32.5 Å². The number of hydrogen-bond acceptors (Lipinski definition) is 3. The summed E-state index contributed by atoms with van der Waals surface area (Å²) in [6, 6.07) is 0.798. The SMILES string of the molecule is CCC(C)NC(=O)CCN=C1NC(CC(C)C)CS1. The van der Waals surface area contributed by atoms with Crippen LogP contribution < -0.4 is 10.6 Å². The predicted molar refractivity (Wildman–Crippen MR) is 83.7 cm³/mol. The van der Waals surface area contributed by atoms with E-state index in [2.05, 4.69) is 36.4 Å². The number of carbonyl (C=O) groups is 1. The van der Waals surface area contributed by atoms with E-state index in [1.54, 1.807) is 11.8 Å². The number of amidine groups is 1. The van der Waals surface area contributed by atoms with E-state index in [0.29, 0.717) is 24.9 Å². The van der Waals surface area contributed by atoms with Crippen LogP contribution in [0.3, 0.4) is 0 Å². The Bertz CT molecular complexity index is 318. The maximum atomic E-state index is 11.6. The van der Waals surface area contributed by atoms with Crippen molar-refractivity contribution in [3.63, 3.8) is 0 Å². The minimum absolute atomic E-state index is 0.0976. The van der Waals surface area contributed by atoms with Crippen molar-refractivity contribution in [2.24, 2.45) is 10.9 Å². The van der Waals surface area contributed by atoms with Crippen molar-refractivity contribution in [2.75, 3.05) is 12.3 Å². The normalized spacial score (nSPS) is 22.6. The van der Waals surface area contributed by atoms with Crippen LogP contribution in [-0.2, 0) is 4.79 Å². The van der Waals surface area contributed by atoms with Crippen LogP contribution in [0.25, 0.3) is 0 Å². The van der Waals surface area contributed by atoms with Crippen LogP contribution in [0.15, 0.2) is 4.99 Å². The van der Waals surface area contributed by atoms with E-state index in [9.17, 15) is 4.79 Å². The Morgan fingerprint density at radius 3 is 2.89 bits per heavy atom. The highest BCUT2D eigenvalue weighted by Gasteiger charge is 2.20. The molecule has 1 rings (SSSR count). The zero-order valence-corrected chi connectivity index (χ0v) is 13.3. The van der Waals surface area contributed by atoms with Gasteiger partial charge in [-0.3, -0.25) is 9.79 Å². The van der Waals surface area contributed by atoms with E-state index in [1.807, 2.05) is 6.92 Å². The van der Waals surface area contributed by atoms with Crippen molar-refractivity contribution in [3.8, 4) is 0 Å². The molecule has 0 saturated carbocycles. The molecule has 2 N–H and O–H groups in total. The van der Waals surface area contributed by atoms with Crippen LogP contribution in [0.5, 0.6) is 0 Å². The van der Waals surface area contributed by atoms with Crippen molar-refractivity contribution in [1.29, 1.82) is 0 Å². The molecular weight excluding hydrogens is 258 g/mol. The lowest BCUT2D eigenvalue weighted by Crippen LogP contribution is -2.32. The van der Waals surface area contributed by atoms with Crippen molar-refractivity contribution in [2.45, 2.75) is 59.0 Å². The molecule has 0 aromatic rings. The average Bonchev–Trinajstić information content (AvgIpc) is 2.75. The Morgan fingerprint density at radius 2 is 2.26 bits per heavy atom. The molecule has 2 unspecified atom stereocenters. The van der Waals surface area contributed by atoms with Gasteiger partial charge in [0, 0.05) is 24.3 Å². The molecule has 19 heavy (non-hydrogen) atoms. The summed E-state index contributed by atoms with van der Waals surface area (Å²) in [7, 11) is 0. The second kappa shape index (κ2) is 8.46. The lowest BCUT2D eigenvalue weighted by molar-refractivity contribution is -0.121. The highest BCUT2D eigenvalue weighted by molar-refractivity contribution is 8.14. The van der Waals surface area contributed by atoms with E-state index in [1.165, 1.54) is 6.42 Å². The van der Waals surface area contributed by atoms with Gasteiger partial charge in [-0.2, -0.15) is 0 Å². The zero-order chi connectivity index (χ0) is 14.3. The van der Waals surface area contributed by atoms with Crippen LogP contribution in [0.2, 0.25) is 0 Å². The molecule has 1 fully saturated rings. The summed E-state index contributed by atoms with van der Waals surface area (Å²) in [6.07, 6.45) is 2.62. The van der Waals surface area contributed by atoms with Gasteiger partial charge in [0.2, 0.25) is 5.91 Å². The molecule has 1 heterocycles. The van der Waals surface area contributed by atoms with E-state index in [4.69, 9.17) is 0 Å². The smallest absolute Gasteiger partial charge is 0.222 e. The fourth-order valence-corrected chi connectivity index (χ4v) is 2.94. The topological polar surface area (TPSA) is 53.5 Å². The number of rotatable bonds is 7. The number of carbonyl (C=O) groups excluding carboxylic acids is 1. The van der Waals surface area contributed by atoms with Crippen LogP contribution >= 0.6 is 11.8 Å². The van der Waals surface area contributed by atoms with Crippen LogP contribution in [-0.4, -0.2) is 35.5 Å². The minimum Gasteiger partial charge on any atom is -0.361 e. The summed E-state index contributed by atoms with van der Waals surface area (Å²) in [5.41, 5.74) is 0. The summed E-state index contributed by atoms with van der Waals surface area (Å²) >= 11 is 1.77. The molecule has 1 saturated heterocycles. The van der Waals surface area contributed by atoms with Crippen LogP contribution in [0.4, 0.5) is 0 Å². The molecule has 4 nitrogen and oxygen atoms in total. The number of nitrogens with one attached hydrogen (secondary N) is 2. The van der Waals surface area contributed by atoms with Gasteiger partial charge in [0.1, 0.15) is 0 Å². The van der Waals surface area contributed by atoms with E-state index in [-0.39, 0.29) is 11.9 Å². The van der Waals surface area contributed by atoms with Crippen molar-refractivity contribution in [3.05, 3.63) is 0 Å². The lowest BCUT2D eigenvalue weighted by Gasteiger charge is -2.12. The quantitative estimate of drug-likeness (QED) is 0.755. The first kappa shape index (κ1) is 16.3. The van der Waals surface area contributed by atoms with Gasteiger partial charge in [-0.25, -0.2) is 0 Å². The van der Waals surface area contributed by atoms with Crippen molar-refractivity contribution in [1.82, 2.24) is 10.6 Å². The molecule has 0 aromatic heterocycles. The maximum absolute atomic E-state index is 11.6. The summed E-state index contributed by atoms with van der Waals surface area (Å²) in [4.78, 5) is 16.0. The molecule has 0 radical (unpaired) electrons. The van der Waals surface area contributed by atoms with Crippen molar-refractivity contribution < 1.29 is 4.79 Å². The average molecular weight is 285 g/mol. The second-order valence-corrected chi connectivity index (χ2v) is 6.60. The number of amides is 1. The van der Waals surface area contributed by atoms with Crippen LogP contribution in [0.1, 0.15) is 47.0 Å². The fraction of sp³-hybridized carbons (Fsp3) is 0.857. The van der Waals surface area contributed by atoms with Gasteiger partial charge in [-0.05, 0) is 25.7 Å². The largest absolute Gasteiger partial charge is 0.361 e. The Kier molecular flexibility index (Phi) is 7.28. The summed E-state index contributed by atoms with van der Waals surface area (Å²) < 4.78 is 0. The van der Waals surface area contributed by atoms with E-state index in [0.717, 1.165) is 17.3 Å². The van der Waals surface area contributed by atoms with Gasteiger partial charge >= 0.3 is 0 Å². The molecule has 5 heteroatoms. The predicted octanol–water partition coefficient (Wildman–Crippen LogP) is 2.40. The highest BCUT2D eigenvalue weighted by Crippen LogP contribution is 2.18. The Balaban J connectivity index is 2.21. The molecule has 1 aliphatic heterocycles. The monoisotopic (exact) mass is 285 g/mol. The first-order valence-electron chi connectivity index (χ1n) is 7.24. The first-order chi connectivity index (χ1) is 9.01. The summed E-state index contributed by atoms with van der Waals surface area (Å²) in [5, 5.41) is 7.39. The second-order valence-electron chi connectivity index (χ2n) is 5.60. The molecular formula is C14H27N3OS. The van der Waals surface area contributed by atoms with Gasteiger partial charge in [-0.15, -0.1) is 0 Å². The minimum atomic E-state index is 0.0976. The number of hydrogen-bond donors (Lipinski definition) is 2. The number of aliphatic imine (C=N–C) groups is 1. The third-order valence-corrected chi connectivity index (χ3v) is 4.21. The third kappa shape index (κ3) is 6.85. The third-order valence-electron chi connectivity index (χ3n) is 3.12. The summed E-state index contributed by atoms with van der Waals surface area (Å²) in [5.74, 6) is 1.90. The number of nitrogens with zero attached hydrogens (tertiary/aromatic N) is 1. The fourth-order valence-electron chi connectivity index (χ4n) is 1.93. The standard InChI is InChI=1S/C14H27N3OS/c1-5-11(4)16-13(18)6-7-15-14-17-12(9-19-14)8-10(2)3/h10-12H,5-9H2,1-4H3,(H,15,17)(H,16,18). The Hall–Kier alpha value is -0.710. The van der Waals surface area contributed by atoms with Crippen LogP contribution in [0, 0.1) is 5.92 Å². The molecule has 110 valence electrons. The zero-order valence-electron chi connectivity index (χ0n) is 12.5. The molecule has 0 bridgehead atoms. The Morgan fingerprint density at radius 1 is 1.53 bits per heavy atom. The van der Waals surface area contributed by atoms with Gasteiger partial charge < -0.3 is 10.6 Å². The Labute approximate surface area is 121 Å². The number of thioether (sulfide) groups is 1. The summed E-state index contributed by atoms with van der Waals surface area (Å²) in [6.45, 7) is 9.14. The van der Waals surface area contributed by atoms with Gasteiger partial charge in [0.25, 0.3) is 0 Å². The molecule has 1 aliphatic rings. The molecule has 0 spiro atoms. The molecule has 0 aliphatic carbocycles. The molecule has 1 amide bonds. The first-order valence-corrected chi connectivity index (χ1v) is 8.23. The lowest BCUT2D eigenvalue weighted by atomic mass is 10.1. The highest BCUT2D eigenvalue weighted by atomic mass is 32.2.